The van der Waals surface area contributed by atoms with Gasteiger partial charge in [0, 0.05) is 11.8 Å². The van der Waals surface area contributed by atoms with Gasteiger partial charge in [0.25, 0.3) is 0 Å². The highest BCUT2D eigenvalue weighted by Gasteiger charge is 2.03. The Hall–Kier alpha value is -1.54. The van der Waals surface area contributed by atoms with Gasteiger partial charge in [-0.05, 0) is 24.3 Å². The number of phenolic OH excluding ortho intramolecular Hbond substituents is 1. The molecule has 0 spiro atoms. The van der Waals surface area contributed by atoms with Gasteiger partial charge in [0.05, 0.1) is 10.7 Å². The van der Waals surface area contributed by atoms with Crippen molar-refractivity contribution in [3.8, 4) is 17.0 Å². The topological polar surface area (TPSA) is 33.1 Å². The van der Waals surface area contributed by atoms with Crippen molar-refractivity contribution in [2.45, 2.75) is 0 Å². The maximum absolute atomic E-state index is 9.56. The molecule has 0 fully saturated rings. The van der Waals surface area contributed by atoms with Gasteiger partial charge in [0.15, 0.2) is 0 Å². The SMILES string of the molecule is Oc1ccccc1-c1ccc(Cl)cn1. The smallest absolute Gasteiger partial charge is 0.124 e. The highest BCUT2D eigenvalue weighted by Crippen LogP contribution is 2.27. The standard InChI is InChI=1S/C11H8ClNO/c12-8-5-6-10(13-7-8)9-3-1-2-4-11(9)14/h1-7,14H. The predicted molar refractivity (Wildman–Crippen MR) is 56.3 cm³/mol. The zero-order valence-corrected chi connectivity index (χ0v) is 8.07. The monoisotopic (exact) mass is 205 g/mol. The van der Waals surface area contributed by atoms with Crippen LogP contribution in [0.4, 0.5) is 0 Å². The second-order valence-electron chi connectivity index (χ2n) is 2.88. The van der Waals surface area contributed by atoms with E-state index < -0.39 is 0 Å². The van der Waals surface area contributed by atoms with Gasteiger partial charge in [-0.25, -0.2) is 0 Å². The van der Waals surface area contributed by atoms with Crippen molar-refractivity contribution in [2.24, 2.45) is 0 Å². The van der Waals surface area contributed by atoms with E-state index >= 15 is 0 Å². The summed E-state index contributed by atoms with van der Waals surface area (Å²) < 4.78 is 0. The Morgan fingerprint density at radius 3 is 2.50 bits per heavy atom. The first-order valence-corrected chi connectivity index (χ1v) is 4.55. The summed E-state index contributed by atoms with van der Waals surface area (Å²) in [6.45, 7) is 0. The molecule has 0 aliphatic carbocycles. The first-order valence-electron chi connectivity index (χ1n) is 4.17. The van der Waals surface area contributed by atoms with E-state index in [-0.39, 0.29) is 5.75 Å². The molecule has 2 nitrogen and oxygen atoms in total. The molecule has 70 valence electrons. The lowest BCUT2D eigenvalue weighted by Gasteiger charge is -2.02. The van der Waals surface area contributed by atoms with Gasteiger partial charge in [-0.15, -0.1) is 0 Å². The molecule has 0 aliphatic heterocycles. The third-order valence-corrected chi connectivity index (χ3v) is 2.13. The van der Waals surface area contributed by atoms with Gasteiger partial charge in [-0.2, -0.15) is 0 Å². The number of nitrogens with zero attached hydrogens (tertiary/aromatic N) is 1. The number of rotatable bonds is 1. The fourth-order valence-corrected chi connectivity index (χ4v) is 1.34. The molecule has 1 aromatic heterocycles. The zero-order chi connectivity index (χ0) is 9.97. The molecule has 3 heteroatoms. The molecule has 1 aromatic carbocycles. The minimum absolute atomic E-state index is 0.224. The molecule has 0 aliphatic rings. The van der Waals surface area contributed by atoms with Crippen LogP contribution in [0.25, 0.3) is 11.3 Å². The maximum atomic E-state index is 9.56. The molecule has 0 saturated carbocycles. The van der Waals surface area contributed by atoms with Gasteiger partial charge in [-0.3, -0.25) is 4.98 Å². The molecular formula is C11H8ClNO. The average Bonchev–Trinajstić information content (AvgIpc) is 2.20. The summed E-state index contributed by atoms with van der Waals surface area (Å²) in [5.74, 6) is 0.224. The molecule has 0 unspecified atom stereocenters. The molecule has 0 amide bonds. The number of hydrogen-bond donors (Lipinski definition) is 1. The largest absolute Gasteiger partial charge is 0.507 e. The first kappa shape index (κ1) is 9.03. The van der Waals surface area contributed by atoms with Crippen LogP contribution in [0.1, 0.15) is 0 Å². The second-order valence-corrected chi connectivity index (χ2v) is 3.32. The lowest BCUT2D eigenvalue weighted by Crippen LogP contribution is -1.82. The number of hydrogen-bond acceptors (Lipinski definition) is 2. The molecule has 0 bridgehead atoms. The summed E-state index contributed by atoms with van der Waals surface area (Å²) in [4.78, 5) is 4.12. The number of halogens is 1. The van der Waals surface area contributed by atoms with Crippen molar-refractivity contribution in [1.29, 1.82) is 0 Å². The Bertz CT molecular complexity index is 439. The summed E-state index contributed by atoms with van der Waals surface area (Å²) >= 11 is 5.71. The van der Waals surface area contributed by atoms with Crippen molar-refractivity contribution >= 4 is 11.6 Å². The van der Waals surface area contributed by atoms with E-state index in [2.05, 4.69) is 4.98 Å². The van der Waals surface area contributed by atoms with Crippen LogP contribution in [0.3, 0.4) is 0 Å². The Kier molecular flexibility index (Phi) is 2.37. The van der Waals surface area contributed by atoms with E-state index in [0.717, 1.165) is 0 Å². The zero-order valence-electron chi connectivity index (χ0n) is 7.31. The lowest BCUT2D eigenvalue weighted by atomic mass is 10.1. The van der Waals surface area contributed by atoms with Crippen LogP contribution in [-0.4, -0.2) is 10.1 Å². The van der Waals surface area contributed by atoms with E-state index in [0.29, 0.717) is 16.3 Å². The quantitative estimate of drug-likeness (QED) is 0.776. The van der Waals surface area contributed by atoms with Gasteiger partial charge in [0.1, 0.15) is 5.75 Å². The van der Waals surface area contributed by atoms with Crippen LogP contribution in [0, 0.1) is 0 Å². The summed E-state index contributed by atoms with van der Waals surface area (Å²) in [6, 6.07) is 10.6. The molecule has 1 N–H and O–H groups in total. The summed E-state index contributed by atoms with van der Waals surface area (Å²) in [5.41, 5.74) is 1.43. The van der Waals surface area contributed by atoms with Crippen molar-refractivity contribution in [3.05, 3.63) is 47.6 Å². The van der Waals surface area contributed by atoms with Crippen LogP contribution in [0.15, 0.2) is 42.6 Å². The molecule has 1 heterocycles. The van der Waals surface area contributed by atoms with Crippen molar-refractivity contribution < 1.29 is 5.11 Å². The van der Waals surface area contributed by atoms with Gasteiger partial charge in [-0.1, -0.05) is 23.7 Å². The van der Waals surface area contributed by atoms with Crippen LogP contribution in [0.5, 0.6) is 5.75 Å². The minimum Gasteiger partial charge on any atom is -0.507 e. The number of aromatic nitrogens is 1. The lowest BCUT2D eigenvalue weighted by molar-refractivity contribution is 0.477. The number of aromatic hydroxyl groups is 1. The summed E-state index contributed by atoms with van der Waals surface area (Å²) in [6.07, 6.45) is 1.56. The predicted octanol–water partition coefficient (Wildman–Crippen LogP) is 3.11. The van der Waals surface area contributed by atoms with E-state index in [1.807, 2.05) is 12.1 Å². The van der Waals surface area contributed by atoms with Crippen molar-refractivity contribution in [3.63, 3.8) is 0 Å². The maximum Gasteiger partial charge on any atom is 0.124 e. The third-order valence-electron chi connectivity index (χ3n) is 1.91. The van der Waals surface area contributed by atoms with Gasteiger partial charge in [0.2, 0.25) is 0 Å². The summed E-state index contributed by atoms with van der Waals surface area (Å²) in [5, 5.41) is 10.1. The molecular weight excluding hydrogens is 198 g/mol. The molecule has 2 rings (SSSR count). The highest BCUT2D eigenvalue weighted by molar-refractivity contribution is 6.30. The van der Waals surface area contributed by atoms with Crippen LogP contribution in [-0.2, 0) is 0 Å². The van der Waals surface area contributed by atoms with Crippen LogP contribution in [0.2, 0.25) is 5.02 Å². The Morgan fingerprint density at radius 2 is 1.86 bits per heavy atom. The number of para-hydroxylation sites is 1. The van der Waals surface area contributed by atoms with Crippen molar-refractivity contribution in [1.82, 2.24) is 4.98 Å². The van der Waals surface area contributed by atoms with E-state index in [1.54, 1.807) is 30.5 Å². The Balaban J connectivity index is 2.50. The highest BCUT2D eigenvalue weighted by atomic mass is 35.5. The number of benzene rings is 1. The average molecular weight is 206 g/mol. The van der Waals surface area contributed by atoms with E-state index in [4.69, 9.17) is 11.6 Å². The minimum atomic E-state index is 0.224. The first-order chi connectivity index (χ1) is 6.77. The van der Waals surface area contributed by atoms with E-state index in [9.17, 15) is 5.11 Å². The normalized spacial score (nSPS) is 10.1. The summed E-state index contributed by atoms with van der Waals surface area (Å²) in [7, 11) is 0. The second kappa shape index (κ2) is 3.68. The fraction of sp³-hybridized carbons (Fsp3) is 0. The number of pyridine rings is 1. The number of phenols is 1. The fourth-order valence-electron chi connectivity index (χ4n) is 1.23. The molecule has 0 atom stereocenters. The van der Waals surface area contributed by atoms with Crippen molar-refractivity contribution in [2.75, 3.05) is 0 Å². The van der Waals surface area contributed by atoms with Gasteiger partial charge >= 0.3 is 0 Å². The van der Waals surface area contributed by atoms with Gasteiger partial charge < -0.3 is 5.11 Å². The molecule has 2 aromatic rings. The van der Waals surface area contributed by atoms with Crippen LogP contribution >= 0.6 is 11.6 Å². The van der Waals surface area contributed by atoms with Crippen LogP contribution < -0.4 is 0 Å². The molecule has 0 saturated heterocycles. The Labute approximate surface area is 86.8 Å². The molecule has 0 radical (unpaired) electrons. The van der Waals surface area contributed by atoms with E-state index in [1.165, 1.54) is 0 Å². The third kappa shape index (κ3) is 1.70. The molecule has 14 heavy (non-hydrogen) atoms. The Morgan fingerprint density at radius 1 is 1.07 bits per heavy atom.